The van der Waals surface area contributed by atoms with Crippen LogP contribution in [0.3, 0.4) is 0 Å². The first-order chi connectivity index (χ1) is 18.9. The van der Waals surface area contributed by atoms with E-state index in [-0.39, 0.29) is 0 Å². The number of fused-ring (bicyclic) bond motifs is 4. The van der Waals surface area contributed by atoms with Crippen LogP contribution >= 0.6 is 0 Å². The zero-order valence-electron chi connectivity index (χ0n) is 23.7. The summed E-state index contributed by atoms with van der Waals surface area (Å²) in [4.78, 5) is 0. The highest BCUT2D eigenvalue weighted by atomic mass is 19.4. The van der Waals surface area contributed by atoms with Gasteiger partial charge in [-0.25, -0.2) is 0 Å². The Hall–Kier alpha value is -1.03. The Labute approximate surface area is 234 Å². The molecule has 0 aromatic rings. The summed E-state index contributed by atoms with van der Waals surface area (Å²) in [6.45, 7) is 0. The highest BCUT2D eigenvalue weighted by Crippen LogP contribution is 2.53. The molecule has 0 bridgehead atoms. The summed E-state index contributed by atoms with van der Waals surface area (Å²) in [5.74, 6) is 4.44. The second-order valence-electron chi connectivity index (χ2n) is 14.6. The summed E-state index contributed by atoms with van der Waals surface area (Å²) < 4.78 is 46.5. The third kappa shape index (κ3) is 5.35. The van der Waals surface area contributed by atoms with E-state index in [0.29, 0.717) is 48.7 Å². The van der Waals surface area contributed by atoms with Crippen molar-refractivity contribution in [3.05, 3.63) is 35.5 Å². The molecule has 4 heteroatoms. The fourth-order valence-electron chi connectivity index (χ4n) is 10.5. The number of rotatable bonds is 3. The molecule has 7 rings (SSSR count). The van der Waals surface area contributed by atoms with Crippen LogP contribution in [0.2, 0.25) is 0 Å². The van der Waals surface area contributed by atoms with Crippen LogP contribution in [0.15, 0.2) is 35.5 Å². The predicted octanol–water partition coefficient (Wildman–Crippen LogP) is 9.98. The maximum absolute atomic E-state index is 13.2. The first kappa shape index (κ1) is 26.8. The summed E-state index contributed by atoms with van der Waals surface area (Å²) in [7, 11) is 0. The van der Waals surface area contributed by atoms with Crippen molar-refractivity contribution < 1.29 is 17.9 Å². The molecule has 216 valence electrons. The number of allylic oxidation sites excluding steroid dienone is 4. The molecule has 4 fully saturated rings. The Morgan fingerprint density at radius 1 is 0.718 bits per heavy atom. The van der Waals surface area contributed by atoms with Gasteiger partial charge < -0.3 is 4.74 Å². The van der Waals surface area contributed by atoms with Crippen molar-refractivity contribution in [1.29, 1.82) is 0 Å². The zero-order valence-corrected chi connectivity index (χ0v) is 23.7. The van der Waals surface area contributed by atoms with Crippen LogP contribution in [0.1, 0.15) is 109 Å². The van der Waals surface area contributed by atoms with E-state index in [1.807, 2.05) is 0 Å². The van der Waals surface area contributed by atoms with E-state index in [1.165, 1.54) is 76.2 Å². The third-order valence-corrected chi connectivity index (χ3v) is 12.7. The van der Waals surface area contributed by atoms with E-state index in [1.54, 1.807) is 5.57 Å². The Bertz CT molecular complexity index is 969. The van der Waals surface area contributed by atoms with Crippen LogP contribution in [0.4, 0.5) is 13.2 Å². The van der Waals surface area contributed by atoms with E-state index < -0.39 is 12.1 Å². The standard InChI is InChI=1S/C35H49F3O/c36-35(37,38)29-17-14-24(15-18-29)28-16-19-33-32(21-28)31-7-3-6-30(34(31)39-33)25-11-8-23(9-12-25)27-13-10-22-4-1-2-5-26(22)20-27/h10-11,13,21-24,26-27,29-34H,1-9,12,14-20H2. The molecule has 0 radical (unpaired) electrons. The third-order valence-electron chi connectivity index (χ3n) is 12.7. The molecule has 1 aliphatic heterocycles. The second kappa shape index (κ2) is 11.0. The van der Waals surface area contributed by atoms with Gasteiger partial charge in [0.15, 0.2) is 0 Å². The monoisotopic (exact) mass is 542 g/mol. The lowest BCUT2D eigenvalue weighted by atomic mass is 9.64. The van der Waals surface area contributed by atoms with E-state index in [2.05, 4.69) is 24.3 Å². The number of halogens is 3. The molecule has 9 unspecified atom stereocenters. The molecule has 1 saturated heterocycles. The highest BCUT2D eigenvalue weighted by Gasteiger charge is 2.50. The summed E-state index contributed by atoms with van der Waals surface area (Å²) in [5.41, 5.74) is 3.17. The summed E-state index contributed by atoms with van der Waals surface area (Å²) in [6.07, 6.45) is 26.1. The minimum absolute atomic E-state index is 0.317. The number of hydrogen-bond acceptors (Lipinski definition) is 1. The Morgan fingerprint density at radius 2 is 1.51 bits per heavy atom. The lowest BCUT2D eigenvalue weighted by Gasteiger charge is -2.41. The molecule has 0 amide bonds. The van der Waals surface area contributed by atoms with Crippen molar-refractivity contribution >= 4 is 0 Å². The smallest absolute Gasteiger partial charge is 0.373 e. The summed E-state index contributed by atoms with van der Waals surface area (Å²) >= 11 is 0. The number of hydrogen-bond donors (Lipinski definition) is 0. The van der Waals surface area contributed by atoms with Crippen molar-refractivity contribution in [3.8, 4) is 0 Å². The van der Waals surface area contributed by atoms with Gasteiger partial charge in [-0.1, -0.05) is 54.7 Å². The molecule has 0 N–H and O–H groups in total. The molecule has 1 nitrogen and oxygen atoms in total. The highest BCUT2D eigenvalue weighted by molar-refractivity contribution is 5.22. The van der Waals surface area contributed by atoms with Crippen LogP contribution in [-0.4, -0.2) is 18.4 Å². The normalized spacial score (nSPS) is 46.5. The Balaban J connectivity index is 0.988. The van der Waals surface area contributed by atoms with Crippen molar-refractivity contribution in [2.75, 3.05) is 0 Å². The van der Waals surface area contributed by atoms with Gasteiger partial charge in [-0.15, -0.1) is 0 Å². The maximum Gasteiger partial charge on any atom is 0.391 e. The second-order valence-corrected chi connectivity index (χ2v) is 14.6. The molecule has 0 spiro atoms. The molecule has 9 atom stereocenters. The van der Waals surface area contributed by atoms with E-state index in [4.69, 9.17) is 4.74 Å². The average Bonchev–Trinajstić information content (AvgIpc) is 3.35. The van der Waals surface area contributed by atoms with Crippen LogP contribution in [0.25, 0.3) is 0 Å². The van der Waals surface area contributed by atoms with Gasteiger partial charge in [-0.3, -0.25) is 0 Å². The van der Waals surface area contributed by atoms with Crippen molar-refractivity contribution in [2.45, 2.75) is 128 Å². The van der Waals surface area contributed by atoms with Crippen LogP contribution in [0.5, 0.6) is 0 Å². The minimum Gasteiger partial charge on any atom is -0.373 e. The summed E-state index contributed by atoms with van der Waals surface area (Å²) in [5, 5.41) is 0. The molecular weight excluding hydrogens is 493 g/mol. The average molecular weight is 543 g/mol. The molecule has 3 saturated carbocycles. The van der Waals surface area contributed by atoms with Gasteiger partial charge in [0.05, 0.1) is 18.1 Å². The zero-order chi connectivity index (χ0) is 26.6. The van der Waals surface area contributed by atoms with Crippen LogP contribution in [-0.2, 0) is 4.74 Å². The first-order valence-electron chi connectivity index (χ1n) is 16.7. The van der Waals surface area contributed by atoms with Gasteiger partial charge in [0, 0.05) is 11.8 Å². The van der Waals surface area contributed by atoms with E-state index in [9.17, 15) is 13.2 Å². The lowest BCUT2D eigenvalue weighted by molar-refractivity contribution is -0.183. The van der Waals surface area contributed by atoms with E-state index in [0.717, 1.165) is 49.4 Å². The van der Waals surface area contributed by atoms with Crippen LogP contribution < -0.4 is 0 Å². The van der Waals surface area contributed by atoms with Crippen molar-refractivity contribution in [1.82, 2.24) is 0 Å². The lowest BCUT2D eigenvalue weighted by Crippen LogP contribution is -2.35. The van der Waals surface area contributed by atoms with Gasteiger partial charge in [0.1, 0.15) is 0 Å². The molecule has 7 aliphatic rings. The van der Waals surface area contributed by atoms with Gasteiger partial charge in [0.25, 0.3) is 0 Å². The fourth-order valence-corrected chi connectivity index (χ4v) is 10.5. The van der Waals surface area contributed by atoms with Crippen molar-refractivity contribution in [3.63, 3.8) is 0 Å². The van der Waals surface area contributed by atoms with E-state index >= 15 is 0 Å². The Kier molecular flexibility index (Phi) is 7.56. The largest absolute Gasteiger partial charge is 0.391 e. The molecular formula is C35H49F3O. The quantitative estimate of drug-likeness (QED) is 0.322. The van der Waals surface area contributed by atoms with Gasteiger partial charge in [-0.05, 0) is 125 Å². The van der Waals surface area contributed by atoms with Crippen LogP contribution in [0, 0.1) is 53.3 Å². The molecule has 39 heavy (non-hydrogen) atoms. The SMILES string of the molecule is FC(F)(F)C1CCC(C2=CC3C(CC2)OC2C(C4=CCC(C5C=CC6CCCCC6C5)CC4)CCCC32)CC1. The molecule has 1 heterocycles. The summed E-state index contributed by atoms with van der Waals surface area (Å²) in [6, 6.07) is 0. The molecule has 0 aromatic carbocycles. The predicted molar refractivity (Wildman–Crippen MR) is 150 cm³/mol. The maximum atomic E-state index is 13.2. The molecule has 0 aromatic heterocycles. The number of ether oxygens (including phenoxy) is 1. The molecule has 6 aliphatic carbocycles. The number of alkyl halides is 3. The first-order valence-corrected chi connectivity index (χ1v) is 16.7. The fraction of sp³-hybridized carbons (Fsp3) is 0.829. The minimum atomic E-state index is -4.01. The van der Waals surface area contributed by atoms with Gasteiger partial charge in [0.2, 0.25) is 0 Å². The topological polar surface area (TPSA) is 9.23 Å². The van der Waals surface area contributed by atoms with Gasteiger partial charge in [-0.2, -0.15) is 13.2 Å². The Morgan fingerprint density at radius 3 is 2.31 bits per heavy atom. The van der Waals surface area contributed by atoms with Crippen molar-refractivity contribution in [2.24, 2.45) is 53.3 Å². The van der Waals surface area contributed by atoms with Gasteiger partial charge >= 0.3 is 6.18 Å².